The van der Waals surface area contributed by atoms with Gasteiger partial charge in [-0.15, -0.1) is 0 Å². The van der Waals surface area contributed by atoms with Crippen LogP contribution in [0, 0.1) is 0 Å². The number of nitrogens with one attached hydrogen (secondary N) is 1. The molecule has 7 heteroatoms. The number of ether oxygens (including phenoxy) is 1. The fraction of sp³-hybridized carbons (Fsp3) is 0.0476. The molecule has 3 rings (SSSR count). The number of hydrogen-bond donors (Lipinski definition) is 1. The number of nitrogens with zero attached hydrogens (tertiary/aromatic N) is 1. The van der Waals surface area contributed by atoms with E-state index in [2.05, 4.69) is 10.5 Å². The van der Waals surface area contributed by atoms with Crippen LogP contribution in [0.25, 0.3) is 0 Å². The molecule has 3 aromatic rings. The van der Waals surface area contributed by atoms with E-state index >= 15 is 0 Å². The van der Waals surface area contributed by atoms with E-state index in [1.54, 1.807) is 42.5 Å². The summed E-state index contributed by atoms with van der Waals surface area (Å²) in [7, 11) is 0. The summed E-state index contributed by atoms with van der Waals surface area (Å²) in [5.74, 6) is 0.313. The maximum absolute atomic E-state index is 12.2. The lowest BCUT2D eigenvalue weighted by molar-refractivity contribution is 0.0955. The second-order valence-electron chi connectivity index (χ2n) is 5.80. The first-order chi connectivity index (χ1) is 13.5. The van der Waals surface area contributed by atoms with Crippen molar-refractivity contribution in [2.24, 2.45) is 5.10 Å². The quantitative estimate of drug-likeness (QED) is 0.383. The smallest absolute Gasteiger partial charge is 0.271 e. The molecule has 0 fully saturated rings. The van der Waals surface area contributed by atoms with Crippen molar-refractivity contribution >= 4 is 46.9 Å². The van der Waals surface area contributed by atoms with E-state index < -0.39 is 0 Å². The molecule has 0 saturated heterocycles. The van der Waals surface area contributed by atoms with Crippen molar-refractivity contribution in [3.63, 3.8) is 0 Å². The molecule has 142 valence electrons. The zero-order chi connectivity index (χ0) is 19.9. The highest BCUT2D eigenvalue weighted by molar-refractivity contribution is 6.36. The molecular formula is C21H15Cl3N2O2. The van der Waals surface area contributed by atoms with Gasteiger partial charge in [0.15, 0.2) is 0 Å². The fourth-order valence-corrected chi connectivity index (χ4v) is 2.86. The molecule has 0 atom stereocenters. The molecule has 1 amide bonds. The minimum absolute atomic E-state index is 0.342. The number of hydrogen-bond acceptors (Lipinski definition) is 3. The molecule has 0 unspecified atom stereocenters. The van der Waals surface area contributed by atoms with Crippen molar-refractivity contribution in [2.75, 3.05) is 0 Å². The Bertz CT molecular complexity index is 988. The molecule has 28 heavy (non-hydrogen) atoms. The Balaban J connectivity index is 1.54. The first kappa shape index (κ1) is 20.2. The van der Waals surface area contributed by atoms with Gasteiger partial charge in [-0.1, -0.05) is 53.0 Å². The second-order valence-corrected chi connectivity index (χ2v) is 7.08. The number of carbonyl (C=O) groups excluding carboxylic acids is 1. The highest BCUT2D eigenvalue weighted by Gasteiger charge is 2.05. The van der Waals surface area contributed by atoms with Crippen LogP contribution in [0.4, 0.5) is 0 Å². The normalized spacial score (nSPS) is 10.8. The molecular weight excluding hydrogens is 419 g/mol. The van der Waals surface area contributed by atoms with Crippen LogP contribution in [0.15, 0.2) is 71.8 Å². The van der Waals surface area contributed by atoms with Gasteiger partial charge in [0.1, 0.15) is 12.4 Å². The zero-order valence-electron chi connectivity index (χ0n) is 14.5. The fourth-order valence-electron chi connectivity index (χ4n) is 2.28. The minimum Gasteiger partial charge on any atom is -0.489 e. The lowest BCUT2D eigenvalue weighted by Crippen LogP contribution is -2.17. The molecule has 4 nitrogen and oxygen atoms in total. The molecule has 0 bridgehead atoms. The summed E-state index contributed by atoms with van der Waals surface area (Å²) < 4.78 is 5.70. The van der Waals surface area contributed by atoms with Gasteiger partial charge in [0.05, 0.1) is 11.2 Å². The molecule has 0 aromatic heterocycles. The molecule has 0 aliphatic heterocycles. The standard InChI is InChI=1S/C21H15Cl3N2O2/c22-17-6-1-14(2-7-17)13-28-19-9-4-15(5-10-19)21(27)26-25-12-16-3-8-18(23)11-20(16)24/h1-12H,13H2,(H,26,27)/b25-12-. The number of benzene rings is 3. The van der Waals surface area contributed by atoms with Crippen LogP contribution in [-0.2, 0) is 6.61 Å². The van der Waals surface area contributed by atoms with Crippen molar-refractivity contribution < 1.29 is 9.53 Å². The van der Waals surface area contributed by atoms with E-state index in [1.165, 1.54) is 6.21 Å². The Kier molecular flexibility index (Phi) is 6.93. The Morgan fingerprint density at radius 2 is 1.61 bits per heavy atom. The molecule has 0 saturated carbocycles. The lowest BCUT2D eigenvalue weighted by atomic mass is 10.2. The van der Waals surface area contributed by atoms with E-state index in [1.807, 2.05) is 24.3 Å². The SMILES string of the molecule is O=C(N/N=C\c1ccc(Cl)cc1Cl)c1ccc(OCc2ccc(Cl)cc2)cc1. The predicted molar refractivity (Wildman–Crippen MR) is 114 cm³/mol. The number of rotatable bonds is 6. The summed E-state index contributed by atoms with van der Waals surface area (Å²) >= 11 is 17.8. The van der Waals surface area contributed by atoms with E-state index in [-0.39, 0.29) is 5.91 Å². The average molecular weight is 434 g/mol. The van der Waals surface area contributed by atoms with Crippen LogP contribution in [-0.4, -0.2) is 12.1 Å². The summed E-state index contributed by atoms with van der Waals surface area (Å²) in [6, 6.07) is 19.2. The van der Waals surface area contributed by atoms with Gasteiger partial charge in [0.2, 0.25) is 0 Å². The van der Waals surface area contributed by atoms with Crippen molar-refractivity contribution in [1.29, 1.82) is 0 Å². The summed E-state index contributed by atoms with van der Waals surface area (Å²) in [6.45, 7) is 0.412. The maximum atomic E-state index is 12.2. The third-order valence-corrected chi connectivity index (χ3v) is 4.58. The van der Waals surface area contributed by atoms with Gasteiger partial charge in [-0.25, -0.2) is 5.43 Å². The van der Waals surface area contributed by atoms with Crippen LogP contribution in [0.3, 0.4) is 0 Å². The third kappa shape index (κ3) is 5.73. The monoisotopic (exact) mass is 432 g/mol. The predicted octanol–water partition coefficient (Wildman–Crippen LogP) is 5.99. The number of hydrazone groups is 1. The highest BCUT2D eigenvalue weighted by Crippen LogP contribution is 2.19. The minimum atomic E-state index is -0.342. The molecule has 0 radical (unpaired) electrons. The van der Waals surface area contributed by atoms with E-state index in [0.717, 1.165) is 5.56 Å². The number of amides is 1. The Morgan fingerprint density at radius 3 is 2.29 bits per heavy atom. The third-order valence-electron chi connectivity index (χ3n) is 3.77. The summed E-state index contributed by atoms with van der Waals surface area (Å²) in [4.78, 5) is 12.2. The van der Waals surface area contributed by atoms with Crippen molar-refractivity contribution in [3.05, 3.63) is 98.5 Å². The molecule has 0 heterocycles. The van der Waals surface area contributed by atoms with E-state index in [9.17, 15) is 4.79 Å². The van der Waals surface area contributed by atoms with Crippen molar-refractivity contribution in [1.82, 2.24) is 5.43 Å². The average Bonchev–Trinajstić information content (AvgIpc) is 2.69. The van der Waals surface area contributed by atoms with Crippen LogP contribution in [0.5, 0.6) is 5.75 Å². The first-order valence-corrected chi connectivity index (χ1v) is 9.40. The van der Waals surface area contributed by atoms with Crippen LogP contribution < -0.4 is 10.2 Å². The summed E-state index contributed by atoms with van der Waals surface area (Å²) in [5.41, 5.74) is 4.57. The van der Waals surface area contributed by atoms with E-state index in [0.29, 0.717) is 38.6 Å². The van der Waals surface area contributed by atoms with Crippen LogP contribution >= 0.6 is 34.8 Å². The van der Waals surface area contributed by atoms with Crippen LogP contribution in [0.1, 0.15) is 21.5 Å². The molecule has 0 aliphatic carbocycles. The van der Waals surface area contributed by atoms with Crippen molar-refractivity contribution in [2.45, 2.75) is 6.61 Å². The van der Waals surface area contributed by atoms with Gasteiger partial charge in [-0.2, -0.15) is 5.10 Å². The zero-order valence-corrected chi connectivity index (χ0v) is 16.8. The molecule has 1 N–H and O–H groups in total. The van der Waals surface area contributed by atoms with Gasteiger partial charge in [-0.3, -0.25) is 4.79 Å². The lowest BCUT2D eigenvalue weighted by Gasteiger charge is -2.07. The number of halogens is 3. The topological polar surface area (TPSA) is 50.7 Å². The largest absolute Gasteiger partial charge is 0.489 e. The Hall–Kier alpha value is -2.53. The number of carbonyl (C=O) groups is 1. The molecule has 0 aliphatic rings. The van der Waals surface area contributed by atoms with Gasteiger partial charge in [0, 0.05) is 21.2 Å². The van der Waals surface area contributed by atoms with Crippen molar-refractivity contribution in [3.8, 4) is 5.75 Å². The second kappa shape index (κ2) is 9.60. The van der Waals surface area contributed by atoms with Gasteiger partial charge >= 0.3 is 0 Å². The summed E-state index contributed by atoms with van der Waals surface area (Å²) in [6.07, 6.45) is 1.46. The van der Waals surface area contributed by atoms with Gasteiger partial charge < -0.3 is 4.74 Å². The first-order valence-electron chi connectivity index (χ1n) is 8.27. The Morgan fingerprint density at radius 1 is 0.929 bits per heavy atom. The van der Waals surface area contributed by atoms with Gasteiger partial charge in [0.25, 0.3) is 5.91 Å². The molecule has 3 aromatic carbocycles. The van der Waals surface area contributed by atoms with Crippen LogP contribution in [0.2, 0.25) is 15.1 Å². The highest BCUT2D eigenvalue weighted by atomic mass is 35.5. The molecule has 0 spiro atoms. The van der Waals surface area contributed by atoms with E-state index in [4.69, 9.17) is 39.5 Å². The maximum Gasteiger partial charge on any atom is 0.271 e. The Labute approximate surface area is 177 Å². The van der Waals surface area contributed by atoms with Gasteiger partial charge in [-0.05, 0) is 54.1 Å². The summed E-state index contributed by atoms with van der Waals surface area (Å²) in [5, 5.41) is 5.58.